The predicted molar refractivity (Wildman–Crippen MR) is 90.3 cm³/mol. The van der Waals surface area contributed by atoms with Crippen LogP contribution >= 0.6 is 34.2 Å². The van der Waals surface area contributed by atoms with Gasteiger partial charge in [0.1, 0.15) is 11.8 Å². The van der Waals surface area contributed by atoms with E-state index in [-0.39, 0.29) is 16.4 Å². The van der Waals surface area contributed by atoms with E-state index in [1.807, 2.05) is 25.1 Å². The summed E-state index contributed by atoms with van der Waals surface area (Å²) in [6.07, 6.45) is 2.74. The summed E-state index contributed by atoms with van der Waals surface area (Å²) in [6.45, 7) is 2.53. The fourth-order valence-electron chi connectivity index (χ4n) is 2.20. The van der Waals surface area contributed by atoms with Crippen LogP contribution in [0.4, 0.5) is 0 Å². The SMILES string of the molecule is CCN1C(=O)C(I)CC=C1c1ccc(OCC#N)cc1Cl. The molecule has 1 aromatic carbocycles. The van der Waals surface area contributed by atoms with E-state index < -0.39 is 0 Å². The number of hydrogen-bond acceptors (Lipinski definition) is 3. The number of hydrogen-bond donors (Lipinski definition) is 0. The molecule has 0 aliphatic carbocycles. The van der Waals surface area contributed by atoms with E-state index in [9.17, 15) is 4.79 Å². The molecule has 0 saturated carbocycles. The van der Waals surface area contributed by atoms with Crippen molar-refractivity contribution in [2.45, 2.75) is 17.3 Å². The summed E-state index contributed by atoms with van der Waals surface area (Å²) < 4.78 is 5.20. The fourth-order valence-corrected chi connectivity index (χ4v) is 3.06. The van der Waals surface area contributed by atoms with Gasteiger partial charge in [-0.2, -0.15) is 5.26 Å². The smallest absolute Gasteiger partial charge is 0.240 e. The highest BCUT2D eigenvalue weighted by Crippen LogP contribution is 2.34. The van der Waals surface area contributed by atoms with Crippen LogP contribution in [-0.2, 0) is 4.79 Å². The molecule has 1 aliphatic heterocycles. The third kappa shape index (κ3) is 3.50. The van der Waals surface area contributed by atoms with Gasteiger partial charge in [-0.15, -0.1) is 0 Å². The number of ether oxygens (including phenoxy) is 1. The van der Waals surface area contributed by atoms with Gasteiger partial charge in [-0.1, -0.05) is 40.3 Å². The molecule has 0 spiro atoms. The number of nitrogens with zero attached hydrogens (tertiary/aromatic N) is 2. The van der Waals surface area contributed by atoms with E-state index >= 15 is 0 Å². The van der Waals surface area contributed by atoms with Crippen LogP contribution in [0.5, 0.6) is 5.75 Å². The minimum atomic E-state index is -0.0247. The number of carbonyl (C=O) groups excluding carboxylic acids is 1. The van der Waals surface area contributed by atoms with Crippen molar-refractivity contribution in [2.75, 3.05) is 13.2 Å². The van der Waals surface area contributed by atoms with E-state index in [1.165, 1.54) is 0 Å². The maximum absolute atomic E-state index is 12.2. The minimum Gasteiger partial charge on any atom is -0.479 e. The third-order valence-electron chi connectivity index (χ3n) is 3.18. The molecule has 0 bridgehead atoms. The first kappa shape index (κ1) is 16.1. The summed E-state index contributed by atoms with van der Waals surface area (Å²) in [5.74, 6) is 0.652. The zero-order chi connectivity index (χ0) is 15.4. The van der Waals surface area contributed by atoms with Crippen LogP contribution in [0.1, 0.15) is 18.9 Å². The number of benzene rings is 1. The molecular formula is C15H14ClIN2O2. The van der Waals surface area contributed by atoms with Gasteiger partial charge >= 0.3 is 0 Å². The summed E-state index contributed by atoms with van der Waals surface area (Å²) in [5, 5.41) is 9.02. The molecule has 0 N–H and O–H groups in total. The Hall–Kier alpha value is -1.26. The minimum absolute atomic E-state index is 0.0194. The normalized spacial score (nSPS) is 18.2. The Balaban J connectivity index is 2.33. The second kappa shape index (κ2) is 7.14. The van der Waals surface area contributed by atoms with Gasteiger partial charge in [0, 0.05) is 17.8 Å². The topological polar surface area (TPSA) is 53.3 Å². The Morgan fingerprint density at radius 2 is 2.33 bits per heavy atom. The van der Waals surface area contributed by atoms with Crippen molar-refractivity contribution < 1.29 is 9.53 Å². The average molecular weight is 417 g/mol. The molecule has 0 aromatic heterocycles. The lowest BCUT2D eigenvalue weighted by molar-refractivity contribution is -0.127. The van der Waals surface area contributed by atoms with Crippen molar-refractivity contribution in [3.05, 3.63) is 34.9 Å². The molecule has 110 valence electrons. The Morgan fingerprint density at radius 1 is 1.57 bits per heavy atom. The van der Waals surface area contributed by atoms with Crippen molar-refractivity contribution >= 4 is 45.8 Å². The molecule has 1 unspecified atom stereocenters. The first-order chi connectivity index (χ1) is 10.1. The Bertz CT molecular complexity index is 625. The van der Waals surface area contributed by atoms with Crippen molar-refractivity contribution in [1.82, 2.24) is 4.90 Å². The maximum atomic E-state index is 12.2. The van der Waals surface area contributed by atoms with Crippen LogP contribution in [-0.4, -0.2) is 27.9 Å². The van der Waals surface area contributed by atoms with Gasteiger partial charge in [0.15, 0.2) is 6.61 Å². The first-order valence-corrected chi connectivity index (χ1v) is 8.16. The van der Waals surface area contributed by atoms with Crippen LogP contribution in [0.25, 0.3) is 5.70 Å². The molecule has 4 nitrogen and oxygen atoms in total. The van der Waals surface area contributed by atoms with Crippen LogP contribution < -0.4 is 4.74 Å². The summed E-state index contributed by atoms with van der Waals surface area (Å²) in [5.41, 5.74) is 1.65. The van der Waals surface area contributed by atoms with Crippen LogP contribution in [0.2, 0.25) is 5.02 Å². The molecular weight excluding hydrogens is 403 g/mol. The van der Waals surface area contributed by atoms with E-state index in [0.29, 0.717) is 23.7 Å². The second-order valence-corrected chi connectivity index (χ2v) is 6.37. The summed E-state index contributed by atoms with van der Waals surface area (Å²) in [7, 11) is 0. The third-order valence-corrected chi connectivity index (χ3v) is 4.53. The highest BCUT2D eigenvalue weighted by Gasteiger charge is 2.28. The summed E-state index contributed by atoms with van der Waals surface area (Å²) in [6, 6.07) is 7.16. The molecule has 2 rings (SSSR count). The van der Waals surface area contributed by atoms with Gasteiger partial charge in [-0.05, 0) is 31.5 Å². The second-order valence-electron chi connectivity index (χ2n) is 4.46. The van der Waals surface area contributed by atoms with Crippen molar-refractivity contribution in [1.29, 1.82) is 5.26 Å². The van der Waals surface area contributed by atoms with Gasteiger partial charge in [-0.3, -0.25) is 4.79 Å². The summed E-state index contributed by atoms with van der Waals surface area (Å²) in [4.78, 5) is 14.0. The number of halogens is 2. The van der Waals surface area contributed by atoms with E-state index in [1.54, 1.807) is 17.0 Å². The van der Waals surface area contributed by atoms with Gasteiger partial charge in [-0.25, -0.2) is 0 Å². The highest BCUT2D eigenvalue weighted by atomic mass is 127. The molecule has 1 amide bonds. The van der Waals surface area contributed by atoms with Crippen molar-refractivity contribution in [3.63, 3.8) is 0 Å². The predicted octanol–water partition coefficient (Wildman–Crippen LogP) is 3.64. The molecule has 0 saturated heterocycles. The number of nitriles is 1. The molecule has 1 heterocycles. The van der Waals surface area contributed by atoms with Crippen LogP contribution in [0.15, 0.2) is 24.3 Å². The molecule has 6 heteroatoms. The van der Waals surface area contributed by atoms with Gasteiger partial charge in [0.2, 0.25) is 5.91 Å². The molecule has 21 heavy (non-hydrogen) atoms. The Morgan fingerprint density at radius 3 is 2.95 bits per heavy atom. The molecule has 1 atom stereocenters. The lowest BCUT2D eigenvalue weighted by Crippen LogP contribution is -2.38. The van der Waals surface area contributed by atoms with E-state index in [2.05, 4.69) is 22.6 Å². The number of allylic oxidation sites excluding steroid dienone is 1. The Kier molecular flexibility index (Phi) is 5.48. The van der Waals surface area contributed by atoms with E-state index in [4.69, 9.17) is 21.6 Å². The number of carbonyl (C=O) groups is 1. The fraction of sp³-hybridized carbons (Fsp3) is 0.333. The van der Waals surface area contributed by atoms with E-state index in [0.717, 1.165) is 11.3 Å². The lowest BCUT2D eigenvalue weighted by Gasteiger charge is -2.30. The van der Waals surface area contributed by atoms with Gasteiger partial charge < -0.3 is 9.64 Å². The quantitative estimate of drug-likeness (QED) is 0.556. The summed E-state index contributed by atoms with van der Waals surface area (Å²) >= 11 is 8.46. The van der Waals surface area contributed by atoms with Crippen LogP contribution in [0, 0.1) is 11.3 Å². The monoisotopic (exact) mass is 416 g/mol. The zero-order valence-corrected chi connectivity index (χ0v) is 14.4. The van der Waals surface area contributed by atoms with Gasteiger partial charge in [0.05, 0.1) is 8.95 Å². The number of alkyl halides is 1. The highest BCUT2D eigenvalue weighted by molar-refractivity contribution is 14.1. The standard InChI is InChI=1S/C15H14ClIN2O2/c1-2-19-14(6-5-13(17)15(19)20)11-4-3-10(9-12(11)16)21-8-7-18/h3-4,6,9,13H,2,5,8H2,1H3. The molecule has 1 aliphatic rings. The number of rotatable bonds is 4. The van der Waals surface area contributed by atoms with Crippen molar-refractivity contribution in [3.8, 4) is 11.8 Å². The largest absolute Gasteiger partial charge is 0.479 e. The Labute approximate surface area is 142 Å². The maximum Gasteiger partial charge on any atom is 0.240 e. The number of amides is 1. The molecule has 0 radical (unpaired) electrons. The van der Waals surface area contributed by atoms with Crippen LogP contribution in [0.3, 0.4) is 0 Å². The zero-order valence-electron chi connectivity index (χ0n) is 11.5. The molecule has 0 fully saturated rings. The average Bonchev–Trinajstić information content (AvgIpc) is 2.48. The van der Waals surface area contributed by atoms with Gasteiger partial charge in [0.25, 0.3) is 0 Å². The first-order valence-electron chi connectivity index (χ1n) is 6.53. The molecule has 1 aromatic rings. The van der Waals surface area contributed by atoms with Crippen molar-refractivity contribution in [2.24, 2.45) is 0 Å². The lowest BCUT2D eigenvalue weighted by atomic mass is 10.0.